The number of hydrogen-bond donors (Lipinski definition) is 2. The summed E-state index contributed by atoms with van der Waals surface area (Å²) in [6, 6.07) is 9.81. The van der Waals surface area contributed by atoms with Crippen molar-refractivity contribution < 1.29 is 27.0 Å². The van der Waals surface area contributed by atoms with E-state index in [1.807, 2.05) is 0 Å². The van der Waals surface area contributed by atoms with Crippen LogP contribution in [0.4, 0.5) is 34.6 Å². The molecule has 1 saturated heterocycles. The van der Waals surface area contributed by atoms with Gasteiger partial charge in [-0.05, 0) is 36.4 Å². The van der Waals surface area contributed by atoms with Crippen molar-refractivity contribution >= 4 is 17.1 Å². The van der Waals surface area contributed by atoms with Crippen LogP contribution in [0.25, 0.3) is 0 Å². The van der Waals surface area contributed by atoms with Crippen molar-refractivity contribution in [2.45, 2.75) is 12.9 Å². The Balaban J connectivity index is 1.51. The topological polar surface area (TPSA) is 73.2 Å². The normalized spacial score (nSPS) is 15.2. The van der Waals surface area contributed by atoms with Crippen molar-refractivity contribution in [2.24, 2.45) is 5.41 Å². The summed E-state index contributed by atoms with van der Waals surface area (Å²) in [5.41, 5.74) is 0.750. The Morgan fingerprint density at radius 1 is 1.10 bits per heavy atom. The minimum absolute atomic E-state index is 0.187. The molecule has 0 aliphatic carbocycles. The van der Waals surface area contributed by atoms with Crippen LogP contribution < -0.4 is 15.4 Å². The molecule has 0 radical (unpaired) electrons. The quantitative estimate of drug-likeness (QED) is 0.515. The molecule has 0 bridgehead atoms. The third-order valence-electron chi connectivity index (χ3n) is 4.77. The predicted octanol–water partition coefficient (Wildman–Crippen LogP) is 4.19. The van der Waals surface area contributed by atoms with Crippen LogP contribution in [-0.4, -0.2) is 40.9 Å². The van der Waals surface area contributed by atoms with Gasteiger partial charge in [-0.2, -0.15) is 5.10 Å². The molecule has 1 aliphatic heterocycles. The van der Waals surface area contributed by atoms with E-state index in [-0.39, 0.29) is 16.9 Å². The molecular weight excluding hydrogens is 418 g/mol. The Labute approximate surface area is 175 Å². The summed E-state index contributed by atoms with van der Waals surface area (Å²) in [6.45, 7) is 1.75. The lowest BCUT2D eigenvalue weighted by molar-refractivity contribution is -0.274. The second-order valence-electron chi connectivity index (χ2n) is 7.33. The predicted molar refractivity (Wildman–Crippen MR) is 105 cm³/mol. The lowest BCUT2D eigenvalue weighted by atomic mass is 9.85. The zero-order chi connectivity index (χ0) is 21.9. The second-order valence-corrected chi connectivity index (χ2v) is 7.33. The first-order valence-electron chi connectivity index (χ1n) is 9.37. The van der Waals surface area contributed by atoms with Crippen LogP contribution in [0.1, 0.15) is 0 Å². The van der Waals surface area contributed by atoms with Gasteiger partial charge in [0.15, 0.2) is 5.75 Å². The standard InChI is InChI=1S/C20H19F4N5O2/c21-14-1-3-15(4-2-14)28-16-5-6-17(18(7-16)31-20(22,23)24)26-8-19(10-30-11-19)9-29-13-25-12-27-29/h1-7,12-13,26,28H,8-11H2. The van der Waals surface area contributed by atoms with Gasteiger partial charge in [0, 0.05) is 24.0 Å². The van der Waals surface area contributed by atoms with Crippen molar-refractivity contribution in [3.8, 4) is 5.75 Å². The average molecular weight is 437 g/mol. The number of aromatic nitrogens is 3. The van der Waals surface area contributed by atoms with E-state index >= 15 is 0 Å². The zero-order valence-corrected chi connectivity index (χ0v) is 16.2. The summed E-state index contributed by atoms with van der Waals surface area (Å²) in [4.78, 5) is 3.90. The van der Waals surface area contributed by atoms with E-state index in [1.165, 1.54) is 42.7 Å². The van der Waals surface area contributed by atoms with E-state index in [0.717, 1.165) is 0 Å². The Morgan fingerprint density at radius 3 is 2.45 bits per heavy atom. The SMILES string of the molecule is Fc1ccc(Nc2ccc(NCC3(Cn4cncn4)COC3)c(OC(F)(F)F)c2)cc1. The Kier molecular flexibility index (Phi) is 5.68. The first-order valence-corrected chi connectivity index (χ1v) is 9.37. The number of nitrogens with one attached hydrogen (secondary N) is 2. The molecule has 1 aliphatic rings. The van der Waals surface area contributed by atoms with Crippen LogP contribution in [-0.2, 0) is 11.3 Å². The number of nitrogens with zero attached hydrogens (tertiary/aromatic N) is 3. The first-order chi connectivity index (χ1) is 14.8. The summed E-state index contributed by atoms with van der Waals surface area (Å²) in [5, 5.41) is 10.1. The number of halogens is 4. The molecule has 0 saturated carbocycles. The first kappa shape index (κ1) is 20.9. The molecule has 2 aromatic carbocycles. The number of benzene rings is 2. The Hall–Kier alpha value is -3.34. The van der Waals surface area contributed by atoms with Crippen LogP contribution in [0.5, 0.6) is 5.75 Å². The molecule has 3 aromatic rings. The van der Waals surface area contributed by atoms with Crippen LogP contribution in [0, 0.1) is 11.2 Å². The molecule has 0 spiro atoms. The minimum Gasteiger partial charge on any atom is -0.403 e. The van der Waals surface area contributed by atoms with Crippen molar-refractivity contribution in [3.05, 3.63) is 60.9 Å². The van der Waals surface area contributed by atoms with Gasteiger partial charge in [0.25, 0.3) is 0 Å². The van der Waals surface area contributed by atoms with Crippen LogP contribution in [0.15, 0.2) is 55.1 Å². The highest BCUT2D eigenvalue weighted by Crippen LogP contribution is 2.36. The van der Waals surface area contributed by atoms with E-state index in [9.17, 15) is 17.6 Å². The zero-order valence-electron chi connectivity index (χ0n) is 16.2. The molecule has 11 heteroatoms. The second kappa shape index (κ2) is 8.42. The van der Waals surface area contributed by atoms with E-state index in [0.29, 0.717) is 37.7 Å². The van der Waals surface area contributed by atoms with E-state index in [1.54, 1.807) is 17.1 Å². The summed E-state index contributed by atoms with van der Waals surface area (Å²) >= 11 is 0. The maximum absolute atomic E-state index is 13.1. The Morgan fingerprint density at radius 2 is 1.84 bits per heavy atom. The average Bonchev–Trinajstić information content (AvgIpc) is 3.18. The third-order valence-corrected chi connectivity index (χ3v) is 4.77. The molecule has 1 aromatic heterocycles. The molecule has 7 nitrogen and oxygen atoms in total. The van der Waals surface area contributed by atoms with E-state index < -0.39 is 12.2 Å². The maximum Gasteiger partial charge on any atom is 0.573 e. The van der Waals surface area contributed by atoms with Gasteiger partial charge < -0.3 is 20.1 Å². The number of ether oxygens (including phenoxy) is 2. The van der Waals surface area contributed by atoms with Crippen molar-refractivity contribution in [1.29, 1.82) is 0 Å². The van der Waals surface area contributed by atoms with Crippen LogP contribution >= 0.6 is 0 Å². The maximum atomic E-state index is 13.1. The van der Waals surface area contributed by atoms with Gasteiger partial charge in [-0.1, -0.05) is 0 Å². The van der Waals surface area contributed by atoms with Crippen LogP contribution in [0.3, 0.4) is 0 Å². The molecule has 0 atom stereocenters. The third kappa shape index (κ3) is 5.43. The molecule has 0 unspecified atom stereocenters. The number of rotatable bonds is 8. The fraction of sp³-hybridized carbons (Fsp3) is 0.300. The van der Waals surface area contributed by atoms with Gasteiger partial charge >= 0.3 is 6.36 Å². The highest BCUT2D eigenvalue weighted by molar-refractivity contribution is 5.68. The highest BCUT2D eigenvalue weighted by Gasteiger charge is 2.40. The van der Waals surface area contributed by atoms with Crippen molar-refractivity contribution in [2.75, 3.05) is 30.4 Å². The number of anilines is 3. The largest absolute Gasteiger partial charge is 0.573 e. The van der Waals surface area contributed by atoms with Crippen molar-refractivity contribution in [1.82, 2.24) is 14.8 Å². The summed E-state index contributed by atoms with van der Waals surface area (Å²) in [6.07, 6.45) is -1.86. The molecule has 2 heterocycles. The summed E-state index contributed by atoms with van der Waals surface area (Å²) in [5.74, 6) is -0.790. The number of hydrogen-bond acceptors (Lipinski definition) is 6. The van der Waals surface area contributed by atoms with E-state index in [4.69, 9.17) is 4.74 Å². The Bertz CT molecular complexity index is 1010. The fourth-order valence-electron chi connectivity index (χ4n) is 3.24. The smallest absolute Gasteiger partial charge is 0.403 e. The van der Waals surface area contributed by atoms with E-state index in [2.05, 4.69) is 25.5 Å². The monoisotopic (exact) mass is 437 g/mol. The summed E-state index contributed by atoms with van der Waals surface area (Å²) in [7, 11) is 0. The molecule has 0 amide bonds. The molecule has 164 valence electrons. The number of alkyl halides is 3. The van der Waals surface area contributed by atoms with Crippen LogP contribution in [0.2, 0.25) is 0 Å². The van der Waals surface area contributed by atoms with Gasteiger partial charge in [0.05, 0.1) is 30.9 Å². The lowest BCUT2D eigenvalue weighted by Crippen LogP contribution is -2.50. The fourth-order valence-corrected chi connectivity index (χ4v) is 3.24. The van der Waals surface area contributed by atoms with Gasteiger partial charge in [-0.25, -0.2) is 9.37 Å². The minimum atomic E-state index is -4.86. The molecule has 2 N–H and O–H groups in total. The van der Waals surface area contributed by atoms with Gasteiger partial charge in [-0.3, -0.25) is 4.68 Å². The van der Waals surface area contributed by atoms with Gasteiger partial charge in [-0.15, -0.1) is 13.2 Å². The molecule has 1 fully saturated rings. The summed E-state index contributed by atoms with van der Waals surface area (Å²) < 4.78 is 63.2. The highest BCUT2D eigenvalue weighted by atomic mass is 19.4. The molecular formula is C20H19F4N5O2. The lowest BCUT2D eigenvalue weighted by Gasteiger charge is -2.41. The van der Waals surface area contributed by atoms with Gasteiger partial charge in [0.1, 0.15) is 18.5 Å². The van der Waals surface area contributed by atoms with Gasteiger partial charge in [0.2, 0.25) is 0 Å². The van der Waals surface area contributed by atoms with Crippen molar-refractivity contribution in [3.63, 3.8) is 0 Å². The molecule has 4 rings (SSSR count). The molecule has 31 heavy (non-hydrogen) atoms.